The molecule has 0 bridgehead atoms. The largest absolute Gasteiger partial charge is 0.496 e. The van der Waals surface area contributed by atoms with E-state index in [-0.39, 0.29) is 4.87 Å². The number of methoxy groups -OCH3 is 1. The molecular formula is C12H12N2O2S2. The number of rotatable bonds is 4. The van der Waals surface area contributed by atoms with Crippen LogP contribution in [0.4, 0.5) is 0 Å². The number of hydrogen-bond donors (Lipinski definition) is 1. The van der Waals surface area contributed by atoms with Gasteiger partial charge < -0.3 is 15.0 Å². The van der Waals surface area contributed by atoms with Crippen LogP contribution < -0.4 is 15.3 Å². The zero-order chi connectivity index (χ0) is 13.1. The first kappa shape index (κ1) is 12.8. The summed E-state index contributed by atoms with van der Waals surface area (Å²) in [5.41, 5.74) is 7.25. The van der Waals surface area contributed by atoms with Crippen molar-refractivity contribution >= 4 is 28.5 Å². The lowest BCUT2D eigenvalue weighted by Crippen LogP contribution is -2.15. The van der Waals surface area contributed by atoms with E-state index in [2.05, 4.69) is 0 Å². The fraction of sp³-hybridized carbons (Fsp3) is 0.167. The summed E-state index contributed by atoms with van der Waals surface area (Å²) >= 11 is 6.11. The fourth-order valence-electron chi connectivity index (χ4n) is 1.65. The van der Waals surface area contributed by atoms with Crippen molar-refractivity contribution in [2.75, 3.05) is 7.11 Å². The lowest BCUT2D eigenvalue weighted by Gasteiger charge is -2.10. The maximum Gasteiger partial charge on any atom is 0.307 e. The Kier molecular flexibility index (Phi) is 3.78. The molecule has 0 saturated carbocycles. The van der Waals surface area contributed by atoms with E-state index in [1.54, 1.807) is 35.4 Å². The van der Waals surface area contributed by atoms with Crippen molar-refractivity contribution in [3.8, 4) is 5.75 Å². The predicted octanol–water partition coefficient (Wildman–Crippen LogP) is 1.60. The number of thiazole rings is 1. The van der Waals surface area contributed by atoms with Crippen LogP contribution in [0, 0.1) is 0 Å². The van der Waals surface area contributed by atoms with E-state index < -0.39 is 0 Å². The van der Waals surface area contributed by atoms with Crippen LogP contribution in [0.2, 0.25) is 0 Å². The summed E-state index contributed by atoms with van der Waals surface area (Å²) in [5, 5.41) is 1.76. The lowest BCUT2D eigenvalue weighted by atomic mass is 10.1. The summed E-state index contributed by atoms with van der Waals surface area (Å²) in [4.78, 5) is 11.9. The van der Waals surface area contributed by atoms with Gasteiger partial charge in [0.2, 0.25) is 0 Å². The van der Waals surface area contributed by atoms with Crippen LogP contribution in [0.1, 0.15) is 11.1 Å². The number of ether oxygens (including phenoxy) is 1. The third-order valence-electron chi connectivity index (χ3n) is 2.55. The molecule has 1 aromatic carbocycles. The highest BCUT2D eigenvalue weighted by Gasteiger charge is 2.08. The van der Waals surface area contributed by atoms with E-state index in [1.165, 1.54) is 0 Å². The molecule has 0 saturated heterocycles. The van der Waals surface area contributed by atoms with Gasteiger partial charge in [-0.15, -0.1) is 0 Å². The summed E-state index contributed by atoms with van der Waals surface area (Å²) in [6, 6.07) is 5.47. The summed E-state index contributed by atoms with van der Waals surface area (Å²) < 4.78 is 6.89. The van der Waals surface area contributed by atoms with Gasteiger partial charge in [-0.3, -0.25) is 4.79 Å². The standard InChI is InChI=1S/C12H12N2O2S2/c1-16-10-3-2-8(11(13)17)6-9(10)7-14-4-5-18-12(14)15/h2-6H,7H2,1H3,(H2,13,17). The second-order valence-corrected chi connectivity index (χ2v) is 4.98. The minimum absolute atomic E-state index is 0.00205. The average molecular weight is 280 g/mol. The molecule has 4 nitrogen and oxygen atoms in total. The Morgan fingerprint density at radius 3 is 2.89 bits per heavy atom. The van der Waals surface area contributed by atoms with Gasteiger partial charge in [0.05, 0.1) is 13.7 Å². The number of aromatic nitrogens is 1. The first-order chi connectivity index (χ1) is 8.61. The third-order valence-corrected chi connectivity index (χ3v) is 3.48. The van der Waals surface area contributed by atoms with Gasteiger partial charge in [0, 0.05) is 22.7 Å². The molecule has 0 unspecified atom stereocenters. The molecule has 94 valence electrons. The van der Waals surface area contributed by atoms with Gasteiger partial charge in [0.1, 0.15) is 10.7 Å². The number of nitrogens with zero attached hydrogens (tertiary/aromatic N) is 1. The highest BCUT2D eigenvalue weighted by molar-refractivity contribution is 7.80. The zero-order valence-corrected chi connectivity index (χ0v) is 11.4. The Bertz CT molecular complexity index is 631. The van der Waals surface area contributed by atoms with Crippen LogP contribution in [0.3, 0.4) is 0 Å². The minimum Gasteiger partial charge on any atom is -0.496 e. The first-order valence-electron chi connectivity index (χ1n) is 5.22. The molecule has 2 rings (SSSR count). The molecule has 0 aliphatic carbocycles. The molecule has 0 amide bonds. The number of benzene rings is 1. The molecule has 1 aromatic heterocycles. The monoisotopic (exact) mass is 280 g/mol. The smallest absolute Gasteiger partial charge is 0.307 e. The first-order valence-corrected chi connectivity index (χ1v) is 6.51. The van der Waals surface area contributed by atoms with Crippen LogP contribution >= 0.6 is 23.6 Å². The Morgan fingerprint density at radius 2 is 2.33 bits per heavy atom. The summed E-state index contributed by atoms with van der Waals surface area (Å²) in [5.74, 6) is 0.716. The van der Waals surface area contributed by atoms with Crippen molar-refractivity contribution in [2.24, 2.45) is 5.73 Å². The van der Waals surface area contributed by atoms with Crippen molar-refractivity contribution in [2.45, 2.75) is 6.54 Å². The molecule has 18 heavy (non-hydrogen) atoms. The quantitative estimate of drug-likeness (QED) is 0.864. The molecule has 2 N–H and O–H groups in total. The predicted molar refractivity (Wildman–Crippen MR) is 76.6 cm³/mol. The van der Waals surface area contributed by atoms with Gasteiger partial charge in [-0.2, -0.15) is 0 Å². The molecule has 0 radical (unpaired) electrons. The molecule has 0 spiro atoms. The van der Waals surface area contributed by atoms with Crippen molar-refractivity contribution in [1.82, 2.24) is 4.57 Å². The van der Waals surface area contributed by atoms with Crippen LogP contribution in [0.5, 0.6) is 5.75 Å². The molecular weight excluding hydrogens is 268 g/mol. The van der Waals surface area contributed by atoms with Gasteiger partial charge >= 0.3 is 4.87 Å². The SMILES string of the molecule is COc1ccc(C(N)=S)cc1Cn1ccsc1=O. The molecule has 0 aliphatic rings. The Labute approximate surface area is 114 Å². The summed E-state index contributed by atoms with van der Waals surface area (Å²) in [7, 11) is 1.59. The maximum absolute atomic E-state index is 11.5. The second kappa shape index (κ2) is 5.32. The molecule has 6 heteroatoms. The van der Waals surface area contributed by atoms with Gasteiger partial charge in [-0.05, 0) is 18.2 Å². The summed E-state index contributed by atoms with van der Waals surface area (Å²) in [6.45, 7) is 0.446. The van der Waals surface area contributed by atoms with E-state index in [0.29, 0.717) is 17.3 Å². The highest BCUT2D eigenvalue weighted by Crippen LogP contribution is 2.20. The Balaban J connectivity index is 2.41. The van der Waals surface area contributed by atoms with Crippen LogP contribution in [0.25, 0.3) is 0 Å². The molecule has 0 fully saturated rings. The Hall–Kier alpha value is -1.66. The van der Waals surface area contributed by atoms with Crippen LogP contribution in [-0.2, 0) is 6.54 Å². The van der Waals surface area contributed by atoms with Gasteiger partial charge in [0.25, 0.3) is 0 Å². The van der Waals surface area contributed by atoms with Crippen molar-refractivity contribution in [3.05, 3.63) is 50.6 Å². The number of nitrogens with two attached hydrogens (primary N) is 1. The van der Waals surface area contributed by atoms with E-state index in [0.717, 1.165) is 22.5 Å². The normalized spacial score (nSPS) is 10.3. The minimum atomic E-state index is -0.00205. The second-order valence-electron chi connectivity index (χ2n) is 3.69. The fourth-order valence-corrected chi connectivity index (χ4v) is 2.36. The number of hydrogen-bond acceptors (Lipinski definition) is 4. The average Bonchev–Trinajstić information content (AvgIpc) is 2.75. The zero-order valence-electron chi connectivity index (χ0n) is 9.75. The van der Waals surface area contributed by atoms with Crippen molar-refractivity contribution in [3.63, 3.8) is 0 Å². The molecule has 0 atom stereocenters. The third kappa shape index (κ3) is 2.60. The molecule has 2 aromatic rings. The highest BCUT2D eigenvalue weighted by atomic mass is 32.1. The van der Waals surface area contributed by atoms with E-state index >= 15 is 0 Å². The van der Waals surface area contributed by atoms with E-state index in [4.69, 9.17) is 22.7 Å². The van der Waals surface area contributed by atoms with Gasteiger partial charge in [-0.1, -0.05) is 23.6 Å². The van der Waals surface area contributed by atoms with E-state index in [9.17, 15) is 4.79 Å². The molecule has 0 aliphatic heterocycles. The van der Waals surface area contributed by atoms with E-state index in [1.807, 2.05) is 6.07 Å². The topological polar surface area (TPSA) is 57.2 Å². The maximum atomic E-state index is 11.5. The number of thiocarbonyl (C=S) groups is 1. The van der Waals surface area contributed by atoms with Crippen LogP contribution in [-0.4, -0.2) is 16.7 Å². The lowest BCUT2D eigenvalue weighted by molar-refractivity contribution is 0.408. The van der Waals surface area contributed by atoms with Gasteiger partial charge in [-0.25, -0.2) is 0 Å². The van der Waals surface area contributed by atoms with Crippen molar-refractivity contribution in [1.29, 1.82) is 0 Å². The van der Waals surface area contributed by atoms with Crippen molar-refractivity contribution < 1.29 is 4.74 Å². The summed E-state index contributed by atoms with van der Waals surface area (Å²) in [6.07, 6.45) is 1.75. The van der Waals surface area contributed by atoms with Gasteiger partial charge in [0.15, 0.2) is 0 Å². The molecule has 1 heterocycles. The Morgan fingerprint density at radius 1 is 1.56 bits per heavy atom. The van der Waals surface area contributed by atoms with Crippen LogP contribution in [0.15, 0.2) is 34.6 Å².